The Balaban J connectivity index is 0.000000187. The molecule has 3 nitrogen and oxygen atoms in total. The summed E-state index contributed by atoms with van der Waals surface area (Å²) in [5, 5.41) is 24.0. The van der Waals surface area contributed by atoms with Gasteiger partial charge in [0.15, 0.2) is 0 Å². The molecular formula is C13H26O3. The number of aliphatic hydroxyl groups is 3. The molecule has 2 bridgehead atoms. The van der Waals surface area contributed by atoms with Crippen LogP contribution in [-0.4, -0.2) is 34.6 Å². The molecule has 3 N–H and O–H groups in total. The molecular weight excluding hydrogens is 204 g/mol. The lowest BCUT2D eigenvalue weighted by Gasteiger charge is -2.59. The molecule has 96 valence electrons. The van der Waals surface area contributed by atoms with E-state index in [0.717, 1.165) is 17.8 Å². The molecule has 0 aromatic carbocycles. The Bertz CT molecular complexity index is 209. The molecule has 3 fully saturated rings. The van der Waals surface area contributed by atoms with Crippen molar-refractivity contribution in [2.45, 2.75) is 46.1 Å². The van der Waals surface area contributed by atoms with Crippen molar-refractivity contribution >= 4 is 0 Å². The molecule has 0 aromatic heterocycles. The molecule has 0 aromatic rings. The highest BCUT2D eigenvalue weighted by Gasteiger charge is 2.52. The first-order chi connectivity index (χ1) is 7.43. The molecule has 3 heteroatoms. The first kappa shape index (κ1) is 13.9. The Morgan fingerprint density at radius 2 is 1.75 bits per heavy atom. The molecule has 0 radical (unpaired) electrons. The predicted molar refractivity (Wildman–Crippen MR) is 64.0 cm³/mol. The molecule has 3 aliphatic carbocycles. The van der Waals surface area contributed by atoms with Gasteiger partial charge in [-0.3, -0.25) is 0 Å². The minimum atomic E-state index is -0.954. The lowest BCUT2D eigenvalue weighted by molar-refractivity contribution is -0.0988. The third-order valence-electron chi connectivity index (χ3n) is 4.63. The maximum absolute atomic E-state index is 8.17. The van der Waals surface area contributed by atoms with Crippen molar-refractivity contribution in [3.63, 3.8) is 0 Å². The number of aliphatic hydroxyl groups excluding tert-OH is 3. The third-order valence-corrected chi connectivity index (χ3v) is 4.63. The van der Waals surface area contributed by atoms with Gasteiger partial charge in [0.1, 0.15) is 6.10 Å². The quantitative estimate of drug-likeness (QED) is 0.672. The van der Waals surface area contributed by atoms with Gasteiger partial charge in [-0.15, -0.1) is 0 Å². The van der Waals surface area contributed by atoms with Gasteiger partial charge in [0.05, 0.1) is 13.2 Å². The Morgan fingerprint density at radius 3 is 1.94 bits per heavy atom. The molecule has 0 amide bonds. The summed E-state index contributed by atoms with van der Waals surface area (Å²) in [4.78, 5) is 0. The van der Waals surface area contributed by atoms with Crippen molar-refractivity contribution in [3.05, 3.63) is 0 Å². The normalized spacial score (nSPS) is 35.1. The van der Waals surface area contributed by atoms with Crippen LogP contribution in [0.3, 0.4) is 0 Å². The number of fused-ring (bicyclic) bond motifs is 2. The fourth-order valence-corrected chi connectivity index (χ4v) is 3.23. The molecule has 16 heavy (non-hydrogen) atoms. The lowest BCUT2D eigenvalue weighted by atomic mass is 9.46. The van der Waals surface area contributed by atoms with E-state index in [-0.39, 0.29) is 13.2 Å². The topological polar surface area (TPSA) is 60.7 Å². The van der Waals surface area contributed by atoms with Gasteiger partial charge in [-0.1, -0.05) is 27.2 Å². The van der Waals surface area contributed by atoms with E-state index in [9.17, 15) is 0 Å². The van der Waals surface area contributed by atoms with Crippen LogP contribution in [0.4, 0.5) is 0 Å². The summed E-state index contributed by atoms with van der Waals surface area (Å²) >= 11 is 0. The van der Waals surface area contributed by atoms with Crippen LogP contribution in [-0.2, 0) is 0 Å². The Hall–Kier alpha value is -0.120. The fraction of sp³-hybridized carbons (Fsp3) is 1.00. The SMILES string of the molecule is CC1CCC2CC1C2(C)C.OCC(O)CO. The fourth-order valence-electron chi connectivity index (χ4n) is 3.23. The van der Waals surface area contributed by atoms with Gasteiger partial charge in [-0.2, -0.15) is 0 Å². The zero-order valence-electron chi connectivity index (χ0n) is 10.7. The molecule has 3 rings (SSSR count). The molecule has 3 saturated carbocycles. The first-order valence-electron chi connectivity index (χ1n) is 6.33. The lowest BCUT2D eigenvalue weighted by Crippen LogP contribution is -2.51. The molecule has 0 spiro atoms. The Labute approximate surface area is 98.5 Å². The summed E-state index contributed by atoms with van der Waals surface area (Å²) in [6.07, 6.45) is 3.59. The van der Waals surface area contributed by atoms with Crippen LogP contribution in [0.2, 0.25) is 0 Å². The standard InChI is InChI=1S/C10H18.C3H8O3/c1-7-4-5-8-6-9(7)10(8,2)3;4-1-3(6)2-5/h7-9H,4-6H2,1-3H3;3-6H,1-2H2. The van der Waals surface area contributed by atoms with Gasteiger partial charge in [0.2, 0.25) is 0 Å². The second kappa shape index (κ2) is 5.48. The highest BCUT2D eigenvalue weighted by Crippen LogP contribution is 2.61. The summed E-state index contributed by atoms with van der Waals surface area (Å²) in [5.41, 5.74) is 0.706. The summed E-state index contributed by atoms with van der Waals surface area (Å²) < 4.78 is 0. The highest BCUT2D eigenvalue weighted by atomic mass is 16.3. The third kappa shape index (κ3) is 2.76. The summed E-state index contributed by atoms with van der Waals surface area (Å²) in [6, 6.07) is 0. The number of hydrogen-bond donors (Lipinski definition) is 3. The minimum absolute atomic E-state index is 0.365. The second-order valence-electron chi connectivity index (χ2n) is 5.93. The highest BCUT2D eigenvalue weighted by molar-refractivity contribution is 5.01. The van der Waals surface area contributed by atoms with E-state index < -0.39 is 6.10 Å². The van der Waals surface area contributed by atoms with E-state index in [2.05, 4.69) is 20.8 Å². The van der Waals surface area contributed by atoms with Crippen molar-refractivity contribution in [2.75, 3.05) is 13.2 Å². The average Bonchev–Trinajstić information content (AvgIpc) is 2.28. The predicted octanol–water partition coefficient (Wildman–Crippen LogP) is 1.41. The first-order valence-corrected chi connectivity index (χ1v) is 6.33. The zero-order chi connectivity index (χ0) is 12.3. The van der Waals surface area contributed by atoms with E-state index in [1.807, 2.05) is 0 Å². The van der Waals surface area contributed by atoms with Crippen LogP contribution in [0.15, 0.2) is 0 Å². The van der Waals surface area contributed by atoms with E-state index in [1.54, 1.807) is 0 Å². The van der Waals surface area contributed by atoms with Gasteiger partial charge in [-0.05, 0) is 36.0 Å². The molecule has 3 atom stereocenters. The maximum atomic E-state index is 8.17. The number of hydrogen-bond acceptors (Lipinski definition) is 3. The van der Waals surface area contributed by atoms with Gasteiger partial charge in [0, 0.05) is 0 Å². The van der Waals surface area contributed by atoms with Crippen LogP contribution >= 0.6 is 0 Å². The van der Waals surface area contributed by atoms with Crippen molar-refractivity contribution in [1.29, 1.82) is 0 Å². The van der Waals surface area contributed by atoms with Crippen LogP contribution in [0, 0.1) is 23.2 Å². The van der Waals surface area contributed by atoms with Crippen molar-refractivity contribution in [1.82, 2.24) is 0 Å². The van der Waals surface area contributed by atoms with Crippen LogP contribution < -0.4 is 0 Å². The van der Waals surface area contributed by atoms with Crippen molar-refractivity contribution < 1.29 is 15.3 Å². The van der Waals surface area contributed by atoms with Crippen molar-refractivity contribution in [2.24, 2.45) is 23.2 Å². The Morgan fingerprint density at radius 1 is 1.19 bits per heavy atom. The Kier molecular flexibility index (Phi) is 4.77. The van der Waals surface area contributed by atoms with Gasteiger partial charge in [0.25, 0.3) is 0 Å². The summed E-state index contributed by atoms with van der Waals surface area (Å²) in [6.45, 7) is 6.62. The smallest absolute Gasteiger partial charge is 0.100 e. The molecule has 0 heterocycles. The monoisotopic (exact) mass is 230 g/mol. The molecule has 0 aliphatic heterocycles. The van der Waals surface area contributed by atoms with Crippen LogP contribution in [0.25, 0.3) is 0 Å². The molecule has 3 aliphatic rings. The van der Waals surface area contributed by atoms with E-state index >= 15 is 0 Å². The van der Waals surface area contributed by atoms with E-state index in [1.165, 1.54) is 19.3 Å². The van der Waals surface area contributed by atoms with Gasteiger partial charge >= 0.3 is 0 Å². The van der Waals surface area contributed by atoms with Crippen LogP contribution in [0.1, 0.15) is 40.0 Å². The molecule has 0 saturated heterocycles. The molecule has 3 unspecified atom stereocenters. The summed E-state index contributed by atoms with van der Waals surface area (Å²) in [5.74, 6) is 3.15. The van der Waals surface area contributed by atoms with E-state index in [4.69, 9.17) is 15.3 Å². The van der Waals surface area contributed by atoms with Gasteiger partial charge < -0.3 is 15.3 Å². The van der Waals surface area contributed by atoms with Gasteiger partial charge in [-0.25, -0.2) is 0 Å². The number of rotatable bonds is 2. The average molecular weight is 230 g/mol. The summed E-state index contributed by atoms with van der Waals surface area (Å²) in [7, 11) is 0. The van der Waals surface area contributed by atoms with E-state index in [0.29, 0.717) is 5.41 Å². The second-order valence-corrected chi connectivity index (χ2v) is 5.93. The minimum Gasteiger partial charge on any atom is -0.394 e. The largest absolute Gasteiger partial charge is 0.394 e. The maximum Gasteiger partial charge on any atom is 0.100 e. The van der Waals surface area contributed by atoms with Crippen molar-refractivity contribution in [3.8, 4) is 0 Å². The van der Waals surface area contributed by atoms with Crippen LogP contribution in [0.5, 0.6) is 0 Å². The zero-order valence-corrected chi connectivity index (χ0v) is 10.7.